The molecule has 5 rings (SSSR count). The topological polar surface area (TPSA) is 82.3 Å². The Hall–Kier alpha value is -3.00. The van der Waals surface area contributed by atoms with Gasteiger partial charge in [0.2, 0.25) is 0 Å². The van der Waals surface area contributed by atoms with Crippen molar-refractivity contribution in [3.63, 3.8) is 0 Å². The molecule has 142 valence electrons. The molecule has 0 aromatic heterocycles. The Kier molecular flexibility index (Phi) is 4.01. The lowest BCUT2D eigenvalue weighted by atomic mass is 9.68. The van der Waals surface area contributed by atoms with E-state index in [1.165, 1.54) is 30.4 Å². The molecule has 0 amide bonds. The van der Waals surface area contributed by atoms with E-state index >= 15 is 0 Å². The summed E-state index contributed by atoms with van der Waals surface area (Å²) in [4.78, 5) is 11.5. The minimum Gasteiger partial charge on any atom is -0.479 e. The number of carbonyl (C=O) groups is 1. The molecule has 2 saturated carbocycles. The second-order valence-corrected chi connectivity index (χ2v) is 8.18. The number of hydrogen-bond acceptors (Lipinski definition) is 4. The summed E-state index contributed by atoms with van der Waals surface area (Å²) in [5.41, 5.74) is 3.84. The minimum atomic E-state index is -0.863. The van der Waals surface area contributed by atoms with Crippen molar-refractivity contribution >= 4 is 11.7 Å². The molecule has 2 aliphatic carbocycles. The van der Waals surface area contributed by atoms with E-state index in [4.69, 9.17) is 10.00 Å². The van der Waals surface area contributed by atoms with E-state index in [0.717, 1.165) is 5.69 Å². The molecule has 28 heavy (non-hydrogen) atoms. The van der Waals surface area contributed by atoms with Crippen molar-refractivity contribution < 1.29 is 14.6 Å². The van der Waals surface area contributed by atoms with Crippen molar-refractivity contribution in [3.05, 3.63) is 59.2 Å². The van der Waals surface area contributed by atoms with Crippen LogP contribution in [0.3, 0.4) is 0 Å². The summed E-state index contributed by atoms with van der Waals surface area (Å²) in [5, 5.41) is 21.8. The van der Waals surface area contributed by atoms with Gasteiger partial charge in [0.25, 0.3) is 0 Å². The molecule has 0 saturated heterocycles. The Morgan fingerprint density at radius 1 is 1.18 bits per heavy atom. The molecular weight excluding hydrogens is 352 g/mol. The van der Waals surface area contributed by atoms with Gasteiger partial charge in [0.05, 0.1) is 11.6 Å². The summed E-state index contributed by atoms with van der Waals surface area (Å²) < 4.78 is 5.39. The Balaban J connectivity index is 1.52. The van der Waals surface area contributed by atoms with Gasteiger partial charge in [-0.3, -0.25) is 0 Å². The number of rotatable bonds is 4. The molecule has 0 radical (unpaired) electrons. The molecular formula is C23H22N2O3. The van der Waals surface area contributed by atoms with E-state index < -0.39 is 5.97 Å². The number of carboxylic acids is 1. The van der Waals surface area contributed by atoms with Crippen LogP contribution in [0.2, 0.25) is 0 Å². The van der Waals surface area contributed by atoms with Crippen LogP contribution in [0.4, 0.5) is 5.69 Å². The highest BCUT2D eigenvalue weighted by molar-refractivity contribution is 5.88. The quantitative estimate of drug-likeness (QED) is 0.818. The SMILES string of the molecule is N#CCOc1ccc([C@@H]2Nc3ccc(C(=O)O)cc3[C@H]3[C@H]4CC[C@@H](C4)[C@H]32)cc1. The third-order valence-electron chi connectivity index (χ3n) is 6.88. The monoisotopic (exact) mass is 374 g/mol. The molecule has 2 aromatic rings. The number of nitriles is 1. The van der Waals surface area contributed by atoms with Gasteiger partial charge in [0, 0.05) is 5.69 Å². The molecule has 2 N–H and O–H groups in total. The third-order valence-corrected chi connectivity index (χ3v) is 6.88. The van der Waals surface area contributed by atoms with Crippen LogP contribution < -0.4 is 10.1 Å². The number of fused-ring (bicyclic) bond motifs is 7. The molecule has 1 aliphatic heterocycles. The lowest BCUT2D eigenvalue weighted by Crippen LogP contribution is -2.35. The number of benzene rings is 2. The number of nitrogens with zero attached hydrogens (tertiary/aromatic N) is 1. The number of nitrogens with one attached hydrogen (secondary N) is 1. The van der Waals surface area contributed by atoms with Crippen LogP contribution in [0.25, 0.3) is 0 Å². The first-order chi connectivity index (χ1) is 13.7. The van der Waals surface area contributed by atoms with Crippen LogP contribution in [-0.4, -0.2) is 17.7 Å². The van der Waals surface area contributed by atoms with Gasteiger partial charge in [-0.15, -0.1) is 0 Å². The number of ether oxygens (including phenoxy) is 1. The molecule has 5 heteroatoms. The van der Waals surface area contributed by atoms with Crippen molar-refractivity contribution in [1.82, 2.24) is 0 Å². The fraction of sp³-hybridized carbons (Fsp3) is 0.391. The van der Waals surface area contributed by atoms with Crippen molar-refractivity contribution in [2.75, 3.05) is 11.9 Å². The van der Waals surface area contributed by atoms with Gasteiger partial charge >= 0.3 is 5.97 Å². The molecule has 2 aromatic carbocycles. The summed E-state index contributed by atoms with van der Waals surface area (Å²) in [5.74, 6) is 2.09. The lowest BCUT2D eigenvalue weighted by molar-refractivity contribution is 0.0696. The molecule has 1 heterocycles. The van der Waals surface area contributed by atoms with Gasteiger partial charge in [-0.1, -0.05) is 12.1 Å². The zero-order valence-electron chi connectivity index (χ0n) is 15.5. The van der Waals surface area contributed by atoms with Crippen LogP contribution >= 0.6 is 0 Å². The highest BCUT2D eigenvalue weighted by Gasteiger charge is 2.53. The lowest BCUT2D eigenvalue weighted by Gasteiger charge is -2.43. The number of anilines is 1. The molecule has 0 spiro atoms. The number of carboxylic acid groups (broad SMARTS) is 1. The smallest absolute Gasteiger partial charge is 0.335 e. The van der Waals surface area contributed by atoms with E-state index in [0.29, 0.717) is 35.0 Å². The standard InChI is InChI=1S/C23H22N2O3/c24-9-10-28-17-6-3-13(4-7-17)22-21-15-2-1-14(11-15)20(21)18-12-16(23(26)27)5-8-19(18)25-22/h3-8,12,14-15,20-22,25H,1-2,10-11H2,(H,26,27)/t14-,15-,20+,21+,22-/m0/s1. The van der Waals surface area contributed by atoms with Gasteiger partial charge in [0.1, 0.15) is 11.8 Å². The van der Waals surface area contributed by atoms with Crippen LogP contribution in [0.1, 0.15) is 52.7 Å². The highest BCUT2D eigenvalue weighted by atomic mass is 16.5. The first-order valence-electron chi connectivity index (χ1n) is 9.89. The molecule has 5 atom stereocenters. The normalized spacial score (nSPS) is 29.3. The van der Waals surface area contributed by atoms with Gasteiger partial charge in [-0.25, -0.2) is 4.79 Å². The molecule has 2 bridgehead atoms. The third kappa shape index (κ3) is 2.63. The largest absolute Gasteiger partial charge is 0.479 e. The van der Waals surface area contributed by atoms with Crippen molar-refractivity contribution in [2.45, 2.75) is 31.2 Å². The van der Waals surface area contributed by atoms with Crippen molar-refractivity contribution in [2.24, 2.45) is 17.8 Å². The summed E-state index contributed by atoms with van der Waals surface area (Å²) >= 11 is 0. The van der Waals surface area contributed by atoms with Gasteiger partial charge < -0.3 is 15.2 Å². The second-order valence-electron chi connectivity index (χ2n) is 8.18. The van der Waals surface area contributed by atoms with Crippen LogP contribution in [0.15, 0.2) is 42.5 Å². The summed E-state index contributed by atoms with van der Waals surface area (Å²) in [7, 11) is 0. The summed E-state index contributed by atoms with van der Waals surface area (Å²) in [6.07, 6.45) is 3.76. The average molecular weight is 374 g/mol. The molecule has 3 aliphatic rings. The second kappa shape index (κ2) is 6.56. The van der Waals surface area contributed by atoms with E-state index in [1.807, 2.05) is 30.3 Å². The van der Waals surface area contributed by atoms with Crippen molar-refractivity contribution in [1.29, 1.82) is 5.26 Å². The molecule has 5 nitrogen and oxygen atoms in total. The number of hydrogen-bond donors (Lipinski definition) is 2. The predicted molar refractivity (Wildman–Crippen MR) is 104 cm³/mol. The Bertz CT molecular complexity index is 963. The van der Waals surface area contributed by atoms with E-state index in [-0.39, 0.29) is 12.6 Å². The average Bonchev–Trinajstić information content (AvgIpc) is 3.34. The zero-order valence-corrected chi connectivity index (χ0v) is 15.5. The van der Waals surface area contributed by atoms with E-state index in [2.05, 4.69) is 17.4 Å². The number of aromatic carboxylic acids is 1. The maximum atomic E-state index is 11.5. The maximum absolute atomic E-state index is 11.5. The van der Waals surface area contributed by atoms with Gasteiger partial charge in [-0.2, -0.15) is 5.26 Å². The highest BCUT2D eigenvalue weighted by Crippen LogP contribution is 2.63. The Morgan fingerprint density at radius 3 is 2.71 bits per heavy atom. The van der Waals surface area contributed by atoms with E-state index in [1.54, 1.807) is 6.07 Å². The first kappa shape index (κ1) is 17.1. The van der Waals surface area contributed by atoms with E-state index in [9.17, 15) is 9.90 Å². The Morgan fingerprint density at radius 2 is 1.96 bits per heavy atom. The molecule has 2 fully saturated rings. The maximum Gasteiger partial charge on any atom is 0.335 e. The molecule has 0 unspecified atom stereocenters. The predicted octanol–water partition coefficient (Wildman–Crippen LogP) is 4.58. The Labute approximate surface area is 163 Å². The van der Waals surface area contributed by atoms with Crippen molar-refractivity contribution in [3.8, 4) is 11.8 Å². The van der Waals surface area contributed by atoms with Gasteiger partial charge in [-0.05, 0) is 84.4 Å². The fourth-order valence-electron chi connectivity index (χ4n) is 5.84. The summed E-state index contributed by atoms with van der Waals surface area (Å²) in [6, 6.07) is 15.7. The zero-order chi connectivity index (χ0) is 19.3. The van der Waals surface area contributed by atoms with Crippen LogP contribution in [0, 0.1) is 29.1 Å². The summed E-state index contributed by atoms with van der Waals surface area (Å²) in [6.45, 7) is 0.0504. The van der Waals surface area contributed by atoms with Crippen LogP contribution in [0.5, 0.6) is 5.75 Å². The van der Waals surface area contributed by atoms with Crippen LogP contribution in [-0.2, 0) is 0 Å². The first-order valence-corrected chi connectivity index (χ1v) is 9.89. The minimum absolute atomic E-state index is 0.0504. The van der Waals surface area contributed by atoms with Gasteiger partial charge in [0.15, 0.2) is 6.61 Å². The fourth-order valence-corrected chi connectivity index (χ4v) is 5.84.